The van der Waals surface area contributed by atoms with Crippen molar-refractivity contribution in [2.45, 2.75) is 289 Å². The molecular weight excluding hydrogens is 667 g/mol. The lowest BCUT2D eigenvalue weighted by Crippen LogP contribution is -2.48. The zero-order valence-electron chi connectivity index (χ0n) is 36.6. The maximum Gasteiger partial charge on any atom is 0.249 e. The van der Waals surface area contributed by atoms with E-state index in [9.17, 15) is 20.1 Å². The predicted octanol–water partition coefficient (Wildman–Crippen LogP) is 14.4. The molecule has 3 unspecified atom stereocenters. The summed E-state index contributed by atoms with van der Waals surface area (Å²) in [5.41, 5.74) is 0. The van der Waals surface area contributed by atoms with Crippen molar-refractivity contribution in [3.8, 4) is 0 Å². The topological polar surface area (TPSA) is 89.8 Å². The number of aliphatic hydroxyl groups excluding tert-OH is 3. The lowest BCUT2D eigenvalue weighted by molar-refractivity contribution is -0.131. The van der Waals surface area contributed by atoms with Crippen LogP contribution in [0.3, 0.4) is 0 Å². The van der Waals surface area contributed by atoms with Crippen molar-refractivity contribution in [1.82, 2.24) is 5.32 Å². The van der Waals surface area contributed by atoms with E-state index in [0.29, 0.717) is 6.42 Å². The van der Waals surface area contributed by atoms with Crippen molar-refractivity contribution < 1.29 is 20.1 Å². The summed E-state index contributed by atoms with van der Waals surface area (Å²) in [5, 5.41) is 33.3. The van der Waals surface area contributed by atoms with Gasteiger partial charge >= 0.3 is 0 Å². The fourth-order valence-corrected chi connectivity index (χ4v) is 7.78. The molecule has 3 atom stereocenters. The van der Waals surface area contributed by atoms with Gasteiger partial charge in [-0.3, -0.25) is 4.79 Å². The number of aliphatic hydroxyl groups is 3. The molecule has 0 rings (SSSR count). The molecule has 0 aliphatic carbocycles. The first-order valence-corrected chi connectivity index (χ1v) is 24.5. The molecule has 0 aromatic rings. The van der Waals surface area contributed by atoms with Crippen molar-refractivity contribution in [2.75, 3.05) is 6.61 Å². The molecule has 5 nitrogen and oxygen atoms in total. The molecule has 322 valence electrons. The minimum absolute atomic E-state index is 0.359. The van der Waals surface area contributed by atoms with Crippen LogP contribution in [-0.2, 0) is 4.79 Å². The van der Waals surface area contributed by atoms with Crippen LogP contribution in [0.4, 0.5) is 0 Å². The van der Waals surface area contributed by atoms with E-state index in [0.717, 1.165) is 32.1 Å². The van der Waals surface area contributed by atoms with Gasteiger partial charge in [-0.1, -0.05) is 264 Å². The Labute approximate surface area is 338 Å². The van der Waals surface area contributed by atoms with E-state index in [2.05, 4.69) is 19.2 Å². The summed E-state index contributed by atoms with van der Waals surface area (Å²) in [6.45, 7) is 4.21. The van der Waals surface area contributed by atoms with Crippen LogP contribution in [0.1, 0.15) is 271 Å². The molecule has 54 heavy (non-hydrogen) atoms. The van der Waals surface area contributed by atoms with Crippen LogP contribution in [0.2, 0.25) is 0 Å². The summed E-state index contributed by atoms with van der Waals surface area (Å²) < 4.78 is 0. The highest BCUT2D eigenvalue weighted by Crippen LogP contribution is 2.17. The molecule has 0 saturated heterocycles. The quantitative estimate of drug-likeness (QED) is 0.0367. The molecule has 0 radical (unpaired) electrons. The molecule has 0 aromatic carbocycles. The Kier molecular flexibility index (Phi) is 44.0. The second kappa shape index (κ2) is 44.8. The Bertz CT molecular complexity index is 758. The van der Waals surface area contributed by atoms with Crippen LogP contribution in [0.25, 0.3) is 0 Å². The van der Waals surface area contributed by atoms with Gasteiger partial charge in [-0.25, -0.2) is 0 Å². The van der Waals surface area contributed by atoms with Crippen LogP contribution in [0.5, 0.6) is 0 Å². The van der Waals surface area contributed by atoms with Gasteiger partial charge in [0.1, 0.15) is 6.10 Å². The molecule has 0 aliphatic heterocycles. The summed E-state index contributed by atoms with van der Waals surface area (Å²) in [6.07, 6.45) is 54.0. The summed E-state index contributed by atoms with van der Waals surface area (Å²) in [7, 11) is 0. The molecule has 1 amide bonds. The molecule has 0 saturated carbocycles. The first-order valence-electron chi connectivity index (χ1n) is 24.5. The number of carbonyl (C=O) groups excluding carboxylic acids is 1. The minimum Gasteiger partial charge on any atom is -0.394 e. The van der Waals surface area contributed by atoms with Crippen LogP contribution < -0.4 is 5.32 Å². The maximum atomic E-state index is 12.5. The van der Waals surface area contributed by atoms with E-state index in [1.807, 2.05) is 6.08 Å². The second-order valence-electron chi connectivity index (χ2n) is 17.0. The normalized spacial score (nSPS) is 13.5. The zero-order chi connectivity index (χ0) is 39.4. The fraction of sp³-hybridized carbons (Fsp3) is 0.939. The third-order valence-electron chi connectivity index (χ3n) is 11.6. The number of rotatable bonds is 45. The highest BCUT2D eigenvalue weighted by molar-refractivity contribution is 5.80. The lowest BCUT2D eigenvalue weighted by Gasteiger charge is -2.21. The van der Waals surface area contributed by atoms with E-state index in [-0.39, 0.29) is 6.61 Å². The molecule has 0 aromatic heterocycles. The second-order valence-corrected chi connectivity index (χ2v) is 17.0. The molecule has 0 aliphatic rings. The maximum absolute atomic E-state index is 12.5. The number of hydrogen-bond donors (Lipinski definition) is 4. The standard InChI is InChI=1S/C49H97NO4/c1-3-5-7-9-11-13-15-17-19-21-23-24-26-27-29-31-33-35-37-39-41-43-47(52)46(45-51)50-49(54)48(53)44-42-40-38-36-34-32-30-28-25-22-20-18-16-14-12-10-8-6-4-2/h41,43,46-48,51-53H,3-40,42,44-45H2,1-2H3,(H,50,54)/b43-41+. The number of amides is 1. The monoisotopic (exact) mass is 764 g/mol. The number of nitrogens with one attached hydrogen (secondary N) is 1. The number of allylic oxidation sites excluding steroid dienone is 1. The van der Waals surface area contributed by atoms with Gasteiger partial charge in [-0.2, -0.15) is 0 Å². The molecule has 0 heterocycles. The van der Waals surface area contributed by atoms with E-state index in [1.165, 1.54) is 218 Å². The first kappa shape index (κ1) is 53.1. The van der Waals surface area contributed by atoms with Crippen LogP contribution in [-0.4, -0.2) is 46.1 Å². The van der Waals surface area contributed by atoms with Gasteiger partial charge in [-0.05, 0) is 19.3 Å². The molecular formula is C49H97NO4. The first-order chi connectivity index (χ1) is 26.6. The Morgan fingerprint density at radius 1 is 0.444 bits per heavy atom. The van der Waals surface area contributed by atoms with Crippen LogP contribution in [0, 0.1) is 0 Å². The Morgan fingerprint density at radius 3 is 1.02 bits per heavy atom. The lowest BCUT2D eigenvalue weighted by atomic mass is 10.0. The highest BCUT2D eigenvalue weighted by atomic mass is 16.3. The molecule has 0 spiro atoms. The summed E-state index contributed by atoms with van der Waals surface area (Å²) in [6, 6.07) is -0.793. The summed E-state index contributed by atoms with van der Waals surface area (Å²) in [4.78, 5) is 12.5. The van der Waals surface area contributed by atoms with Crippen molar-refractivity contribution in [2.24, 2.45) is 0 Å². The van der Waals surface area contributed by atoms with Gasteiger partial charge < -0.3 is 20.6 Å². The smallest absolute Gasteiger partial charge is 0.249 e. The van der Waals surface area contributed by atoms with Crippen molar-refractivity contribution in [3.63, 3.8) is 0 Å². The van der Waals surface area contributed by atoms with E-state index in [4.69, 9.17) is 0 Å². The number of carbonyl (C=O) groups is 1. The van der Waals surface area contributed by atoms with E-state index < -0.39 is 24.2 Å². The van der Waals surface area contributed by atoms with Gasteiger partial charge in [0.25, 0.3) is 0 Å². The van der Waals surface area contributed by atoms with E-state index >= 15 is 0 Å². The van der Waals surface area contributed by atoms with E-state index in [1.54, 1.807) is 6.08 Å². The van der Waals surface area contributed by atoms with Gasteiger partial charge in [0.2, 0.25) is 5.91 Å². The zero-order valence-corrected chi connectivity index (χ0v) is 36.6. The Morgan fingerprint density at radius 2 is 0.722 bits per heavy atom. The average Bonchev–Trinajstić information content (AvgIpc) is 3.18. The molecule has 5 heteroatoms. The van der Waals surface area contributed by atoms with Gasteiger partial charge in [-0.15, -0.1) is 0 Å². The third-order valence-corrected chi connectivity index (χ3v) is 11.6. The predicted molar refractivity (Wildman–Crippen MR) is 236 cm³/mol. The molecule has 4 N–H and O–H groups in total. The summed E-state index contributed by atoms with van der Waals surface area (Å²) in [5.74, 6) is -0.497. The number of hydrogen-bond acceptors (Lipinski definition) is 4. The Hall–Kier alpha value is -0.910. The largest absolute Gasteiger partial charge is 0.394 e. The average molecular weight is 764 g/mol. The molecule has 0 fully saturated rings. The van der Waals surface area contributed by atoms with Gasteiger partial charge in [0.15, 0.2) is 0 Å². The van der Waals surface area contributed by atoms with Crippen molar-refractivity contribution in [1.29, 1.82) is 0 Å². The summed E-state index contributed by atoms with van der Waals surface area (Å²) >= 11 is 0. The Balaban J connectivity index is 3.60. The highest BCUT2D eigenvalue weighted by Gasteiger charge is 2.22. The van der Waals surface area contributed by atoms with Crippen LogP contribution in [0.15, 0.2) is 12.2 Å². The fourth-order valence-electron chi connectivity index (χ4n) is 7.78. The number of unbranched alkanes of at least 4 members (excludes halogenated alkanes) is 37. The molecule has 0 bridgehead atoms. The van der Waals surface area contributed by atoms with Gasteiger partial charge in [0.05, 0.1) is 18.8 Å². The SMILES string of the molecule is CCCCCCCCCCCCCCCCCCCCC/C=C/C(O)C(CO)NC(=O)C(O)CCCCCCCCCCCCCCCCCCCCC. The van der Waals surface area contributed by atoms with Crippen molar-refractivity contribution in [3.05, 3.63) is 12.2 Å². The van der Waals surface area contributed by atoms with Gasteiger partial charge in [0, 0.05) is 0 Å². The van der Waals surface area contributed by atoms with Crippen LogP contribution >= 0.6 is 0 Å². The minimum atomic E-state index is -1.09. The third kappa shape index (κ3) is 39.3. The van der Waals surface area contributed by atoms with Crippen molar-refractivity contribution >= 4 is 5.91 Å².